The Bertz CT molecular complexity index is 480. The van der Waals surface area contributed by atoms with E-state index < -0.39 is 5.97 Å². The third kappa shape index (κ3) is 3.59. The summed E-state index contributed by atoms with van der Waals surface area (Å²) in [6.45, 7) is 1.53. The van der Waals surface area contributed by atoms with Crippen molar-refractivity contribution in [2.24, 2.45) is 0 Å². The van der Waals surface area contributed by atoms with Gasteiger partial charge in [-0.1, -0.05) is 0 Å². The van der Waals surface area contributed by atoms with Gasteiger partial charge in [-0.15, -0.1) is 0 Å². The SMILES string of the molecule is COC(=O)c1nc(Cl)nc([As]C2CCOCC2)c1N. The third-order valence-electron chi connectivity index (χ3n) is 2.77. The summed E-state index contributed by atoms with van der Waals surface area (Å²) in [5, 5.41) is 0.0342. The first-order valence-corrected chi connectivity index (χ1v) is 8.21. The summed E-state index contributed by atoms with van der Waals surface area (Å²) in [6, 6.07) is 0. The van der Waals surface area contributed by atoms with Crippen LogP contribution in [-0.2, 0) is 9.47 Å². The Morgan fingerprint density at radius 1 is 1.47 bits per heavy atom. The van der Waals surface area contributed by atoms with Gasteiger partial charge in [-0.2, -0.15) is 0 Å². The number of aromatic nitrogens is 2. The van der Waals surface area contributed by atoms with Crippen molar-refractivity contribution in [3.05, 3.63) is 11.0 Å². The van der Waals surface area contributed by atoms with Crippen LogP contribution in [0, 0.1) is 0 Å². The number of carbonyl (C=O) groups is 1. The molecule has 103 valence electrons. The number of nitrogens with zero attached hydrogens (tertiary/aromatic N) is 2. The average Bonchev–Trinajstić information content (AvgIpc) is 2.42. The van der Waals surface area contributed by atoms with Gasteiger partial charge in [0.2, 0.25) is 0 Å². The number of nitrogens with two attached hydrogens (primary N) is 1. The van der Waals surface area contributed by atoms with Gasteiger partial charge in [0, 0.05) is 0 Å². The molecule has 0 aromatic carbocycles. The molecule has 19 heavy (non-hydrogen) atoms. The minimum atomic E-state index is -0.587. The van der Waals surface area contributed by atoms with Crippen LogP contribution in [0.15, 0.2) is 0 Å². The first-order valence-electron chi connectivity index (χ1n) is 5.81. The molecule has 1 radical (unpaired) electrons. The normalized spacial score (nSPS) is 16.9. The van der Waals surface area contributed by atoms with Crippen LogP contribution >= 0.6 is 11.6 Å². The summed E-state index contributed by atoms with van der Waals surface area (Å²) in [5.41, 5.74) is 6.30. The van der Waals surface area contributed by atoms with E-state index in [1.165, 1.54) is 7.11 Å². The number of hydrogen-bond donors (Lipinski definition) is 1. The summed E-state index contributed by atoms with van der Waals surface area (Å²) in [4.78, 5) is 19.6. The van der Waals surface area contributed by atoms with Crippen molar-refractivity contribution in [3.8, 4) is 0 Å². The van der Waals surface area contributed by atoms with E-state index in [0.29, 0.717) is 14.9 Å². The summed E-state index contributed by atoms with van der Waals surface area (Å²) in [7, 11) is 1.28. The molecule has 1 saturated heterocycles. The number of methoxy groups -OCH3 is 1. The van der Waals surface area contributed by atoms with Crippen LogP contribution in [-0.4, -0.2) is 52.0 Å². The van der Waals surface area contributed by atoms with Gasteiger partial charge in [0.15, 0.2) is 0 Å². The number of ether oxygens (including phenoxy) is 2. The Morgan fingerprint density at radius 3 is 2.79 bits per heavy atom. The Kier molecular flexibility index (Phi) is 5.02. The van der Waals surface area contributed by atoms with Gasteiger partial charge in [-0.3, -0.25) is 0 Å². The molecule has 1 aromatic rings. The van der Waals surface area contributed by atoms with Gasteiger partial charge in [0.1, 0.15) is 0 Å². The molecule has 0 aliphatic carbocycles. The van der Waals surface area contributed by atoms with Crippen molar-refractivity contribution in [1.82, 2.24) is 9.97 Å². The molecule has 0 amide bonds. The Labute approximate surface area is 122 Å². The van der Waals surface area contributed by atoms with E-state index in [1.54, 1.807) is 0 Å². The van der Waals surface area contributed by atoms with Crippen LogP contribution < -0.4 is 10.2 Å². The maximum absolute atomic E-state index is 11.6. The summed E-state index contributed by atoms with van der Waals surface area (Å²) >= 11 is 5.58. The van der Waals surface area contributed by atoms with Crippen molar-refractivity contribution in [3.63, 3.8) is 0 Å². The molecule has 1 aromatic heterocycles. The molecule has 6 nitrogen and oxygen atoms in total. The molecule has 0 saturated carbocycles. The fraction of sp³-hybridized carbons (Fsp3) is 0.545. The number of carbonyl (C=O) groups excluding carboxylic acids is 1. The van der Waals surface area contributed by atoms with Crippen molar-refractivity contribution in [2.75, 3.05) is 26.1 Å². The van der Waals surface area contributed by atoms with Crippen LogP contribution in [0.4, 0.5) is 5.69 Å². The van der Waals surface area contributed by atoms with Crippen molar-refractivity contribution < 1.29 is 14.3 Å². The standard InChI is InChI=1S/C11H14AsClN3O3/c1-18-10(17)8-7(14)9(16-11(13)15-8)12-6-2-4-19-5-3-6/h6H,2-5,14H2,1H3. The number of rotatable bonds is 3. The molecule has 2 N–H and O–H groups in total. The van der Waals surface area contributed by atoms with Crippen molar-refractivity contribution in [1.29, 1.82) is 0 Å². The number of nitrogen functional groups attached to an aromatic ring is 1. The van der Waals surface area contributed by atoms with Gasteiger partial charge >= 0.3 is 122 Å². The average molecular weight is 347 g/mol. The molecule has 8 heteroatoms. The molecule has 1 aliphatic heterocycles. The molecule has 2 rings (SSSR count). The number of anilines is 1. The van der Waals surface area contributed by atoms with Gasteiger partial charge in [0.05, 0.1) is 0 Å². The van der Waals surface area contributed by atoms with Gasteiger partial charge in [0.25, 0.3) is 0 Å². The molecule has 1 fully saturated rings. The zero-order valence-electron chi connectivity index (χ0n) is 10.4. The Hall–Kier alpha value is -0.842. The van der Waals surface area contributed by atoms with Crippen LogP contribution in [0.5, 0.6) is 0 Å². The molecule has 0 atom stereocenters. The topological polar surface area (TPSA) is 87.3 Å². The minimum absolute atomic E-state index is 0.0342. The molecule has 0 spiro atoms. The van der Waals surface area contributed by atoms with Crippen LogP contribution in [0.25, 0.3) is 0 Å². The van der Waals surface area contributed by atoms with E-state index in [1.807, 2.05) is 0 Å². The molecular weight excluding hydrogens is 333 g/mol. The van der Waals surface area contributed by atoms with E-state index in [9.17, 15) is 4.79 Å². The van der Waals surface area contributed by atoms with E-state index >= 15 is 0 Å². The molecule has 1 aliphatic rings. The summed E-state index contributed by atoms with van der Waals surface area (Å²) < 4.78 is 11.2. The molecule has 0 unspecified atom stereocenters. The van der Waals surface area contributed by atoms with Crippen LogP contribution in [0.1, 0.15) is 23.3 Å². The van der Waals surface area contributed by atoms with E-state index in [-0.39, 0.29) is 26.7 Å². The number of hydrogen-bond acceptors (Lipinski definition) is 6. The Morgan fingerprint density at radius 2 is 2.16 bits per heavy atom. The predicted octanol–water partition coefficient (Wildman–Crippen LogP) is 0.427. The van der Waals surface area contributed by atoms with E-state index in [4.69, 9.17) is 22.1 Å². The second kappa shape index (κ2) is 6.55. The van der Waals surface area contributed by atoms with E-state index in [0.717, 1.165) is 26.1 Å². The summed E-state index contributed by atoms with van der Waals surface area (Å²) in [5.74, 6) is -0.587. The van der Waals surface area contributed by atoms with Crippen LogP contribution in [0.2, 0.25) is 9.99 Å². The van der Waals surface area contributed by atoms with Gasteiger partial charge < -0.3 is 0 Å². The fourth-order valence-corrected chi connectivity index (χ4v) is 4.61. The quantitative estimate of drug-likeness (QED) is 0.485. The second-order valence-electron chi connectivity index (χ2n) is 4.04. The van der Waals surface area contributed by atoms with Gasteiger partial charge in [-0.25, -0.2) is 0 Å². The number of esters is 1. The molecular formula is C11H14AsClN3O3. The molecule has 0 bridgehead atoms. The first kappa shape index (κ1) is 14.6. The second-order valence-corrected chi connectivity index (χ2v) is 7.34. The summed E-state index contributed by atoms with van der Waals surface area (Å²) in [6.07, 6.45) is 1.99. The molecule has 2 heterocycles. The van der Waals surface area contributed by atoms with Crippen LogP contribution in [0.3, 0.4) is 0 Å². The zero-order valence-corrected chi connectivity index (χ0v) is 13.1. The zero-order chi connectivity index (χ0) is 13.8. The fourth-order valence-electron chi connectivity index (χ4n) is 1.77. The third-order valence-corrected chi connectivity index (χ3v) is 6.02. The van der Waals surface area contributed by atoms with Gasteiger partial charge in [-0.05, 0) is 0 Å². The first-order chi connectivity index (χ1) is 9.11. The van der Waals surface area contributed by atoms with E-state index in [2.05, 4.69) is 14.7 Å². The maximum atomic E-state index is 11.6. The monoisotopic (exact) mass is 346 g/mol. The predicted molar refractivity (Wildman–Crippen MR) is 72.0 cm³/mol. The van der Waals surface area contributed by atoms with Crippen molar-refractivity contribution in [2.45, 2.75) is 17.5 Å². The Balaban J connectivity index is 2.24. The number of halogens is 1. The van der Waals surface area contributed by atoms with Crippen molar-refractivity contribution >= 4 is 43.5 Å².